The molecule has 1 aliphatic heterocycles. The Morgan fingerprint density at radius 1 is 1.03 bits per heavy atom. The molecule has 0 fully saturated rings. The van der Waals surface area contributed by atoms with E-state index in [1.54, 1.807) is 0 Å². The Morgan fingerprint density at radius 2 is 1.74 bits per heavy atom. The summed E-state index contributed by atoms with van der Waals surface area (Å²) in [7, 11) is 1.91. The summed E-state index contributed by atoms with van der Waals surface area (Å²) in [5, 5.41) is 5.32. The van der Waals surface area contributed by atoms with E-state index >= 15 is 0 Å². The number of urea groups is 1. The highest BCUT2D eigenvalue weighted by atomic mass is 19.4. The van der Waals surface area contributed by atoms with E-state index in [1.807, 2.05) is 30.3 Å². The maximum absolute atomic E-state index is 13.2. The Morgan fingerprint density at radius 3 is 2.35 bits per heavy atom. The number of likely N-dealkylation sites (N-methyl/N-ethyl adjacent to an activating group) is 1. The van der Waals surface area contributed by atoms with Gasteiger partial charge in [0, 0.05) is 31.4 Å². The van der Waals surface area contributed by atoms with Crippen molar-refractivity contribution in [3.05, 3.63) is 83.1 Å². The largest absolute Gasteiger partial charge is 0.489 e. The molecule has 11 heteroatoms. The number of allylic oxidation sites excluding steroid dienone is 2. The lowest BCUT2D eigenvalue weighted by Gasteiger charge is -2.20. The summed E-state index contributed by atoms with van der Waals surface area (Å²) < 4.78 is 83.6. The highest BCUT2D eigenvalue weighted by Crippen LogP contribution is 2.37. The van der Waals surface area contributed by atoms with Crippen molar-refractivity contribution in [2.24, 2.45) is 0 Å². The quantitative estimate of drug-likeness (QED) is 0.508. The Bertz CT molecular complexity index is 1080. The van der Waals surface area contributed by atoms with Crippen LogP contribution in [-0.4, -0.2) is 31.1 Å². The Kier molecular flexibility index (Phi) is 7.43. The molecule has 34 heavy (non-hydrogen) atoms. The van der Waals surface area contributed by atoms with Gasteiger partial charge >= 0.3 is 18.4 Å². The van der Waals surface area contributed by atoms with Gasteiger partial charge < -0.3 is 20.3 Å². The zero-order valence-corrected chi connectivity index (χ0v) is 17.9. The molecule has 3 rings (SSSR count). The lowest BCUT2D eigenvalue weighted by molar-refractivity contribution is -0.142. The van der Waals surface area contributed by atoms with Crippen molar-refractivity contribution in [3.63, 3.8) is 0 Å². The predicted octanol–water partition coefficient (Wildman–Crippen LogP) is 5.81. The molecule has 0 saturated carbocycles. The number of amides is 2. The minimum atomic E-state index is -4.83. The van der Waals surface area contributed by atoms with Crippen LogP contribution in [0.1, 0.15) is 16.7 Å². The van der Waals surface area contributed by atoms with E-state index in [0.29, 0.717) is 37.0 Å². The molecule has 2 amide bonds. The van der Waals surface area contributed by atoms with E-state index in [-0.39, 0.29) is 5.75 Å². The number of nitrogens with zero attached hydrogens (tertiary/aromatic N) is 1. The maximum Gasteiger partial charge on any atom is 0.416 e. The van der Waals surface area contributed by atoms with Crippen LogP contribution in [0.15, 0.2) is 66.4 Å². The summed E-state index contributed by atoms with van der Waals surface area (Å²) >= 11 is 0. The predicted molar refractivity (Wildman–Crippen MR) is 114 cm³/mol. The molecule has 0 spiro atoms. The molecule has 1 aliphatic rings. The standard InChI is InChI=1S/C23H21F6N3O2/c1-32-10-2-3-15(13-32)12-30-21(33)31-18-5-7-19(8-6-18)34-14-16-11-17(22(24,25)26)4-9-20(16)23(27,28)29/h2-11H,12-14H2,1H3,(H2,30,31,33). The molecule has 182 valence electrons. The number of hydrogen-bond acceptors (Lipinski definition) is 3. The third kappa shape index (κ3) is 6.93. The number of carbonyl (C=O) groups excluding carboxylic acids is 1. The number of alkyl halides is 6. The summed E-state index contributed by atoms with van der Waals surface area (Å²) in [6.45, 7) is 0.314. The van der Waals surface area contributed by atoms with Gasteiger partial charge in [-0.3, -0.25) is 0 Å². The molecule has 0 aliphatic carbocycles. The van der Waals surface area contributed by atoms with Crippen molar-refractivity contribution in [1.29, 1.82) is 0 Å². The number of carbonyl (C=O) groups is 1. The van der Waals surface area contributed by atoms with E-state index in [9.17, 15) is 31.1 Å². The topological polar surface area (TPSA) is 53.6 Å². The number of benzene rings is 2. The van der Waals surface area contributed by atoms with E-state index < -0.39 is 41.7 Å². The third-order valence-corrected chi connectivity index (χ3v) is 4.85. The molecule has 5 nitrogen and oxygen atoms in total. The Balaban J connectivity index is 1.59. The minimum absolute atomic E-state index is 0.124. The molecule has 0 atom stereocenters. The summed E-state index contributed by atoms with van der Waals surface area (Å²) in [4.78, 5) is 14.0. The molecule has 2 aromatic carbocycles. The normalized spacial score (nSPS) is 14.0. The van der Waals surface area contributed by atoms with Crippen LogP contribution in [0.25, 0.3) is 0 Å². The fraction of sp³-hybridized carbons (Fsp3) is 0.261. The minimum Gasteiger partial charge on any atom is -0.489 e. The fourth-order valence-corrected chi connectivity index (χ4v) is 3.20. The van der Waals surface area contributed by atoms with Gasteiger partial charge in [0.1, 0.15) is 12.4 Å². The van der Waals surface area contributed by atoms with Crippen molar-refractivity contribution in [2.45, 2.75) is 19.0 Å². The molecule has 0 radical (unpaired) electrons. The van der Waals surface area contributed by atoms with Gasteiger partial charge in [-0.25, -0.2) is 4.79 Å². The average Bonchev–Trinajstić information content (AvgIpc) is 2.76. The van der Waals surface area contributed by atoms with Crippen molar-refractivity contribution < 1.29 is 35.9 Å². The first-order chi connectivity index (χ1) is 15.9. The first-order valence-corrected chi connectivity index (χ1v) is 10.0. The molecule has 2 N–H and O–H groups in total. The van der Waals surface area contributed by atoms with Crippen LogP contribution in [0.2, 0.25) is 0 Å². The second-order valence-electron chi connectivity index (χ2n) is 7.57. The van der Waals surface area contributed by atoms with Gasteiger partial charge in [0.2, 0.25) is 0 Å². The molecule has 0 saturated heterocycles. The Labute approximate surface area is 191 Å². The van der Waals surface area contributed by atoms with Gasteiger partial charge in [-0.1, -0.05) is 6.08 Å². The van der Waals surface area contributed by atoms with Gasteiger partial charge in [-0.15, -0.1) is 0 Å². The highest BCUT2D eigenvalue weighted by Gasteiger charge is 2.37. The molecule has 0 aromatic heterocycles. The van der Waals surface area contributed by atoms with Crippen LogP contribution in [0.5, 0.6) is 5.75 Å². The maximum atomic E-state index is 13.2. The van der Waals surface area contributed by atoms with Crippen LogP contribution in [0.3, 0.4) is 0 Å². The third-order valence-electron chi connectivity index (χ3n) is 4.85. The van der Waals surface area contributed by atoms with Crippen molar-refractivity contribution in [1.82, 2.24) is 10.2 Å². The van der Waals surface area contributed by atoms with E-state index in [4.69, 9.17) is 4.74 Å². The zero-order chi connectivity index (χ0) is 24.9. The lowest BCUT2D eigenvalue weighted by atomic mass is 10.0. The van der Waals surface area contributed by atoms with Gasteiger partial charge in [0.15, 0.2) is 0 Å². The molecule has 0 bridgehead atoms. The average molecular weight is 485 g/mol. The Hall–Kier alpha value is -3.63. The lowest BCUT2D eigenvalue weighted by Crippen LogP contribution is -2.32. The van der Waals surface area contributed by atoms with Crippen LogP contribution in [0, 0.1) is 0 Å². The van der Waals surface area contributed by atoms with Gasteiger partial charge in [0.25, 0.3) is 0 Å². The number of anilines is 1. The summed E-state index contributed by atoms with van der Waals surface area (Å²) in [5.41, 5.74) is -1.63. The van der Waals surface area contributed by atoms with Crippen molar-refractivity contribution >= 4 is 11.7 Å². The molecule has 1 heterocycles. The molecular formula is C23H21F6N3O2. The number of ether oxygens (including phenoxy) is 1. The van der Waals surface area contributed by atoms with E-state index in [1.165, 1.54) is 24.3 Å². The first kappa shape index (κ1) is 25.0. The van der Waals surface area contributed by atoms with E-state index in [2.05, 4.69) is 10.6 Å². The number of nitrogens with one attached hydrogen (secondary N) is 2. The monoisotopic (exact) mass is 485 g/mol. The molecular weight excluding hydrogens is 464 g/mol. The van der Waals surface area contributed by atoms with Crippen LogP contribution >= 0.6 is 0 Å². The second-order valence-corrected chi connectivity index (χ2v) is 7.57. The summed E-state index contributed by atoms with van der Waals surface area (Å²) in [6.07, 6.45) is -3.93. The SMILES string of the molecule is CN1C=CC=C(CNC(=O)Nc2ccc(OCc3cc(C(F)(F)F)ccc3C(F)(F)F)cc2)C1. The number of halogens is 6. The van der Waals surface area contributed by atoms with Crippen LogP contribution < -0.4 is 15.4 Å². The van der Waals surface area contributed by atoms with Crippen LogP contribution in [-0.2, 0) is 19.0 Å². The van der Waals surface area contributed by atoms with E-state index in [0.717, 1.165) is 5.57 Å². The zero-order valence-electron chi connectivity index (χ0n) is 17.9. The summed E-state index contributed by atoms with van der Waals surface area (Å²) in [6, 6.07) is 6.45. The smallest absolute Gasteiger partial charge is 0.416 e. The van der Waals surface area contributed by atoms with Crippen LogP contribution in [0.4, 0.5) is 36.8 Å². The first-order valence-electron chi connectivity index (χ1n) is 10.0. The van der Waals surface area contributed by atoms with Gasteiger partial charge in [0.05, 0.1) is 11.1 Å². The second kappa shape index (κ2) is 10.1. The summed E-state index contributed by atoms with van der Waals surface area (Å²) in [5.74, 6) is 0.124. The van der Waals surface area contributed by atoms with Gasteiger partial charge in [-0.2, -0.15) is 26.3 Å². The molecule has 0 unspecified atom stereocenters. The number of hydrogen-bond donors (Lipinski definition) is 2. The molecule has 2 aromatic rings. The number of rotatable bonds is 6. The fourth-order valence-electron chi connectivity index (χ4n) is 3.20. The van der Waals surface area contributed by atoms with Crippen molar-refractivity contribution in [2.75, 3.05) is 25.5 Å². The highest BCUT2D eigenvalue weighted by molar-refractivity contribution is 5.89. The van der Waals surface area contributed by atoms with Gasteiger partial charge in [-0.05, 0) is 60.3 Å². The van der Waals surface area contributed by atoms with Crippen molar-refractivity contribution in [3.8, 4) is 5.75 Å².